The normalized spacial score (nSPS) is 16.8. The summed E-state index contributed by atoms with van der Waals surface area (Å²) in [5, 5.41) is 2.99. The fourth-order valence-corrected chi connectivity index (χ4v) is 13.3. The number of fused-ring (bicyclic) bond motifs is 7. The first-order chi connectivity index (χ1) is 31.4. The van der Waals surface area contributed by atoms with Gasteiger partial charge >= 0.3 is 7.44 Å². The van der Waals surface area contributed by atoms with E-state index in [-0.39, 0.29) is 5.41 Å². The Labute approximate surface area is 373 Å². The molecule has 1 aliphatic heterocycles. The number of nitrogens with zero attached hydrogens (tertiary/aromatic N) is 3. The van der Waals surface area contributed by atoms with E-state index in [0.29, 0.717) is 0 Å². The number of benzene rings is 8. The zero-order valence-electron chi connectivity index (χ0n) is 35.6. The van der Waals surface area contributed by atoms with Crippen LogP contribution in [-0.2, 0) is 9.98 Å². The Morgan fingerprint density at radius 2 is 1.22 bits per heavy atom. The predicted molar refractivity (Wildman–Crippen MR) is 266 cm³/mol. The van der Waals surface area contributed by atoms with Crippen molar-refractivity contribution in [2.24, 2.45) is 0 Å². The molecule has 8 aromatic carbocycles. The summed E-state index contributed by atoms with van der Waals surface area (Å²) in [7, 11) is -3.57. The van der Waals surface area contributed by atoms with Crippen molar-refractivity contribution in [1.29, 1.82) is 0 Å². The van der Waals surface area contributed by atoms with Crippen LogP contribution in [0.15, 0.2) is 217 Å². The van der Waals surface area contributed by atoms with Crippen LogP contribution in [0.3, 0.4) is 0 Å². The lowest BCUT2D eigenvalue weighted by molar-refractivity contribution is 0.571. The van der Waals surface area contributed by atoms with Crippen LogP contribution in [0, 0.1) is 0 Å². The van der Waals surface area contributed by atoms with Gasteiger partial charge in [0, 0.05) is 49.9 Å². The van der Waals surface area contributed by atoms with Crippen molar-refractivity contribution < 1.29 is 8.98 Å². The molecule has 0 saturated carbocycles. The van der Waals surface area contributed by atoms with E-state index in [9.17, 15) is 0 Å². The van der Waals surface area contributed by atoms with Gasteiger partial charge in [0.15, 0.2) is 0 Å². The van der Waals surface area contributed by atoms with E-state index in [2.05, 4.69) is 168 Å². The molecule has 0 spiro atoms. The van der Waals surface area contributed by atoms with Gasteiger partial charge < -0.3 is 9.32 Å². The molecule has 0 bridgehead atoms. The van der Waals surface area contributed by atoms with Crippen molar-refractivity contribution in [2.75, 3.05) is 14.2 Å². The van der Waals surface area contributed by atoms with Crippen molar-refractivity contribution in [3.8, 4) is 11.1 Å². The maximum Gasteiger partial charge on any atom is 0.301 e. The molecule has 0 N–H and O–H groups in total. The molecule has 1 unspecified atom stereocenters. The van der Waals surface area contributed by atoms with Gasteiger partial charge in [-0.3, -0.25) is 13.9 Å². The lowest BCUT2D eigenvalue weighted by Gasteiger charge is -2.33. The van der Waals surface area contributed by atoms with Gasteiger partial charge in [-0.15, -0.1) is 0 Å². The fraction of sp³-hybridized carbons (Fsp3) is 0.0690. The first-order valence-electron chi connectivity index (χ1n) is 21.9. The summed E-state index contributed by atoms with van der Waals surface area (Å²) in [4.78, 5) is 2.39. The highest BCUT2D eigenvalue weighted by Gasteiger charge is 2.49. The molecular formula is C58H44N3O2P. The average molecular weight is 846 g/mol. The highest BCUT2D eigenvalue weighted by molar-refractivity contribution is 7.76. The van der Waals surface area contributed by atoms with Gasteiger partial charge in [0.1, 0.15) is 11.0 Å². The zero-order chi connectivity index (χ0) is 43.0. The molecule has 1 atom stereocenters. The number of rotatable bonds is 7. The van der Waals surface area contributed by atoms with Crippen LogP contribution in [0.4, 0.5) is 39.8 Å². The third-order valence-corrected chi connectivity index (χ3v) is 16.2. The second kappa shape index (κ2) is 14.8. The summed E-state index contributed by atoms with van der Waals surface area (Å²) in [6, 6.07) is 69.6. The molecule has 0 fully saturated rings. The summed E-state index contributed by atoms with van der Waals surface area (Å²) < 4.78 is 27.2. The van der Waals surface area contributed by atoms with Gasteiger partial charge in [-0.2, -0.15) is 0 Å². The maximum absolute atomic E-state index is 16.5. The van der Waals surface area contributed by atoms with Crippen molar-refractivity contribution in [3.63, 3.8) is 0 Å². The van der Waals surface area contributed by atoms with Gasteiger partial charge in [-0.25, -0.2) is 0 Å². The molecule has 9 aromatic rings. The molecular weight excluding hydrogens is 802 g/mol. The number of para-hydroxylation sites is 3. The van der Waals surface area contributed by atoms with Crippen LogP contribution in [-0.4, -0.2) is 0 Å². The molecule has 3 aliphatic rings. The molecule has 2 aliphatic carbocycles. The number of allylic oxidation sites excluding steroid dienone is 2. The molecule has 64 heavy (non-hydrogen) atoms. The number of hydrogen-bond acceptors (Lipinski definition) is 3. The molecule has 308 valence electrons. The van der Waals surface area contributed by atoms with Crippen LogP contribution in [0.1, 0.15) is 37.0 Å². The van der Waals surface area contributed by atoms with Crippen LogP contribution in [0.2, 0.25) is 0 Å². The van der Waals surface area contributed by atoms with Gasteiger partial charge in [-0.05, 0) is 108 Å². The van der Waals surface area contributed by atoms with E-state index < -0.39 is 7.44 Å². The van der Waals surface area contributed by atoms with E-state index in [4.69, 9.17) is 4.42 Å². The number of furan rings is 1. The SMILES string of the molecule is CC1(C)c2ccccc2-c2c(N(c3ccc(C4=c5oc6ccccc6c5=CC=CC4)cc3)c3ccc4c(c3)N(c3ccccc3)P(=O)(c3ccccc3)N4c3ccccc3)cccc21. The minimum atomic E-state index is -3.57. The third kappa shape index (κ3) is 5.74. The third-order valence-electron chi connectivity index (χ3n) is 13.2. The van der Waals surface area contributed by atoms with Crippen LogP contribution < -0.4 is 30.2 Å². The predicted octanol–water partition coefficient (Wildman–Crippen LogP) is 14.0. The van der Waals surface area contributed by atoms with E-state index >= 15 is 4.57 Å². The maximum atomic E-state index is 16.5. The highest BCUT2D eigenvalue weighted by atomic mass is 31.2. The zero-order valence-corrected chi connectivity index (χ0v) is 36.5. The fourth-order valence-electron chi connectivity index (χ4n) is 10.3. The van der Waals surface area contributed by atoms with E-state index in [0.717, 1.165) is 84.3 Å². The Morgan fingerprint density at radius 3 is 1.97 bits per heavy atom. The van der Waals surface area contributed by atoms with Gasteiger partial charge in [0.05, 0.1) is 22.4 Å². The summed E-state index contributed by atoms with van der Waals surface area (Å²) in [5.41, 5.74) is 15.5. The van der Waals surface area contributed by atoms with E-state index in [1.807, 2.05) is 78.9 Å². The molecule has 12 rings (SSSR count). The first-order valence-corrected chi connectivity index (χ1v) is 23.5. The van der Waals surface area contributed by atoms with Crippen molar-refractivity contribution in [1.82, 2.24) is 0 Å². The molecule has 0 radical (unpaired) electrons. The minimum absolute atomic E-state index is 0.191. The Balaban J connectivity index is 1.10. The molecule has 0 saturated heterocycles. The van der Waals surface area contributed by atoms with Crippen molar-refractivity contribution >= 4 is 75.2 Å². The Bertz CT molecular complexity index is 3490. The Kier molecular flexibility index (Phi) is 8.79. The van der Waals surface area contributed by atoms with Gasteiger partial charge in [-0.1, -0.05) is 153 Å². The smallest absolute Gasteiger partial charge is 0.301 e. The number of anilines is 7. The minimum Gasteiger partial charge on any atom is -0.456 e. The second-order valence-electron chi connectivity index (χ2n) is 17.2. The summed E-state index contributed by atoms with van der Waals surface area (Å²) in [6.45, 7) is 4.66. The Morgan fingerprint density at radius 1 is 0.594 bits per heavy atom. The van der Waals surface area contributed by atoms with Crippen molar-refractivity contribution in [3.05, 3.63) is 240 Å². The largest absolute Gasteiger partial charge is 0.456 e. The van der Waals surface area contributed by atoms with Gasteiger partial charge in [0.2, 0.25) is 0 Å². The lowest BCUT2D eigenvalue weighted by atomic mass is 9.82. The molecule has 5 nitrogen and oxygen atoms in total. The first kappa shape index (κ1) is 38.1. The van der Waals surface area contributed by atoms with Crippen LogP contribution >= 0.6 is 7.44 Å². The topological polar surface area (TPSA) is 39.9 Å². The van der Waals surface area contributed by atoms with E-state index in [1.165, 1.54) is 22.3 Å². The quantitative estimate of drug-likeness (QED) is 0.149. The molecule has 2 heterocycles. The van der Waals surface area contributed by atoms with Crippen LogP contribution in [0.5, 0.6) is 0 Å². The highest BCUT2D eigenvalue weighted by Crippen LogP contribution is 2.70. The summed E-state index contributed by atoms with van der Waals surface area (Å²) in [5.74, 6) is 0. The monoisotopic (exact) mass is 845 g/mol. The van der Waals surface area contributed by atoms with Gasteiger partial charge in [0.25, 0.3) is 0 Å². The van der Waals surface area contributed by atoms with E-state index in [1.54, 1.807) is 0 Å². The molecule has 1 aromatic heterocycles. The average Bonchev–Trinajstić information content (AvgIpc) is 3.85. The van der Waals surface area contributed by atoms with Crippen LogP contribution in [0.25, 0.3) is 33.7 Å². The summed E-state index contributed by atoms with van der Waals surface area (Å²) >= 11 is 0. The standard InChI is InChI=1S/C58H44N3O2P/c1-58(2)50-29-16-14-28-49(50)56-51(58)30-18-31-53(56)59(41-35-33-40(34-36-41)46-25-12-13-27-48-47-26-15-17-32-55(47)63-57(46)48)44-37-38-52-54(39-44)61(43-21-8-4-9-22-43)64(62,45-23-10-5-11-24-45)60(52)42-19-6-3-7-20-42/h3-24,26-39H,25H2,1-2H3. The molecule has 0 amide bonds. The second-order valence-corrected chi connectivity index (χ2v) is 19.6. The lowest BCUT2D eigenvalue weighted by Crippen LogP contribution is -2.26. The number of hydrogen-bond donors (Lipinski definition) is 0. The summed E-state index contributed by atoms with van der Waals surface area (Å²) in [6.07, 6.45) is 7.27. The van der Waals surface area contributed by atoms with Crippen molar-refractivity contribution in [2.45, 2.75) is 25.7 Å². The molecule has 6 heteroatoms. The Hall–Kier alpha value is -7.59.